The van der Waals surface area contributed by atoms with Crippen LogP contribution in [-0.2, 0) is 21.1 Å². The average molecular weight is 407 g/mol. The zero-order valence-electron chi connectivity index (χ0n) is 16.3. The minimum Gasteiger partial charge on any atom is -0.491 e. The lowest BCUT2D eigenvalue weighted by molar-refractivity contribution is -0.121. The molecule has 0 aliphatic carbocycles. The number of aryl methyl sites for hydroxylation is 2. The minimum atomic E-state index is -3.03. The van der Waals surface area contributed by atoms with Gasteiger partial charge in [-0.2, -0.15) is 0 Å². The van der Waals surface area contributed by atoms with E-state index in [-0.39, 0.29) is 36.0 Å². The van der Waals surface area contributed by atoms with E-state index in [0.29, 0.717) is 24.2 Å². The van der Waals surface area contributed by atoms with Crippen LogP contribution in [0.15, 0.2) is 27.4 Å². The van der Waals surface area contributed by atoms with Crippen molar-refractivity contribution in [3.63, 3.8) is 0 Å². The summed E-state index contributed by atoms with van der Waals surface area (Å²) in [6.45, 7) is 5.63. The fourth-order valence-electron chi connectivity index (χ4n) is 3.41. The first-order valence-electron chi connectivity index (χ1n) is 9.37. The second-order valence-corrected chi connectivity index (χ2v) is 9.77. The van der Waals surface area contributed by atoms with Crippen molar-refractivity contribution in [1.29, 1.82) is 0 Å². The first-order chi connectivity index (χ1) is 13.1. The number of amides is 1. The topological polar surface area (TPSA) is 103 Å². The zero-order valence-corrected chi connectivity index (χ0v) is 17.1. The Balaban J connectivity index is 1.78. The Morgan fingerprint density at radius 2 is 2.07 bits per heavy atom. The SMILES string of the molecule is Cc1cc(=O)oc2cc(OC(C)C)c(CCC(=O)NC3CCS(=O)(=O)C3)cc12. The highest BCUT2D eigenvalue weighted by atomic mass is 32.2. The van der Waals surface area contributed by atoms with Gasteiger partial charge in [-0.25, -0.2) is 13.2 Å². The van der Waals surface area contributed by atoms with Crippen LogP contribution in [0.4, 0.5) is 0 Å². The number of hydrogen-bond donors (Lipinski definition) is 1. The predicted molar refractivity (Wildman–Crippen MR) is 107 cm³/mol. The van der Waals surface area contributed by atoms with Crippen molar-refractivity contribution < 1.29 is 22.4 Å². The molecule has 1 fully saturated rings. The van der Waals surface area contributed by atoms with Gasteiger partial charge in [0, 0.05) is 30.0 Å². The molecule has 1 saturated heterocycles. The maximum atomic E-state index is 12.3. The molecule has 1 unspecified atom stereocenters. The molecule has 7 nitrogen and oxygen atoms in total. The van der Waals surface area contributed by atoms with Gasteiger partial charge in [-0.3, -0.25) is 4.79 Å². The summed E-state index contributed by atoms with van der Waals surface area (Å²) in [6, 6.07) is 4.71. The molecule has 8 heteroatoms. The molecule has 0 saturated carbocycles. The first-order valence-corrected chi connectivity index (χ1v) is 11.2. The quantitative estimate of drug-likeness (QED) is 0.736. The van der Waals surface area contributed by atoms with Crippen molar-refractivity contribution in [3.05, 3.63) is 39.7 Å². The van der Waals surface area contributed by atoms with Crippen molar-refractivity contribution >= 4 is 26.7 Å². The van der Waals surface area contributed by atoms with Gasteiger partial charge in [-0.15, -0.1) is 0 Å². The highest BCUT2D eigenvalue weighted by molar-refractivity contribution is 7.91. The van der Waals surface area contributed by atoms with Crippen LogP contribution in [0.25, 0.3) is 11.0 Å². The van der Waals surface area contributed by atoms with E-state index >= 15 is 0 Å². The zero-order chi connectivity index (χ0) is 20.5. The van der Waals surface area contributed by atoms with Gasteiger partial charge in [-0.05, 0) is 50.8 Å². The Bertz CT molecular complexity index is 1050. The fraction of sp³-hybridized carbons (Fsp3) is 0.500. The Hall–Kier alpha value is -2.35. The molecule has 0 spiro atoms. The molecule has 1 aliphatic heterocycles. The summed E-state index contributed by atoms with van der Waals surface area (Å²) in [5.74, 6) is 0.523. The van der Waals surface area contributed by atoms with Crippen LogP contribution in [0.5, 0.6) is 5.75 Å². The third-order valence-corrected chi connectivity index (χ3v) is 6.48. The molecule has 1 atom stereocenters. The molecule has 2 aromatic rings. The summed E-state index contributed by atoms with van der Waals surface area (Å²) < 4.78 is 34.2. The van der Waals surface area contributed by atoms with E-state index in [9.17, 15) is 18.0 Å². The normalized spacial score (nSPS) is 18.5. The van der Waals surface area contributed by atoms with Crippen LogP contribution in [0.3, 0.4) is 0 Å². The predicted octanol–water partition coefficient (Wildman–Crippen LogP) is 2.12. The molecule has 1 aromatic carbocycles. The Morgan fingerprint density at radius 3 is 2.71 bits per heavy atom. The third-order valence-electron chi connectivity index (χ3n) is 4.71. The van der Waals surface area contributed by atoms with E-state index in [4.69, 9.17) is 9.15 Å². The van der Waals surface area contributed by atoms with Crippen LogP contribution in [0, 0.1) is 6.92 Å². The second-order valence-electron chi connectivity index (χ2n) is 7.54. The van der Waals surface area contributed by atoms with Crippen molar-refractivity contribution in [2.45, 2.75) is 52.2 Å². The Labute approximate surface area is 164 Å². The van der Waals surface area contributed by atoms with E-state index in [0.717, 1.165) is 16.5 Å². The third kappa shape index (κ3) is 4.92. The summed E-state index contributed by atoms with van der Waals surface area (Å²) >= 11 is 0. The van der Waals surface area contributed by atoms with E-state index < -0.39 is 15.5 Å². The van der Waals surface area contributed by atoms with Crippen molar-refractivity contribution in [1.82, 2.24) is 5.32 Å². The average Bonchev–Trinajstić information content (AvgIpc) is 2.91. The maximum absolute atomic E-state index is 12.3. The lowest BCUT2D eigenvalue weighted by Crippen LogP contribution is -2.35. The molecular formula is C20H25NO6S. The molecule has 1 aliphatic rings. The van der Waals surface area contributed by atoms with Crippen molar-refractivity contribution in [2.75, 3.05) is 11.5 Å². The highest BCUT2D eigenvalue weighted by Gasteiger charge is 2.28. The van der Waals surface area contributed by atoms with Crippen molar-refractivity contribution in [2.24, 2.45) is 0 Å². The Morgan fingerprint density at radius 1 is 1.32 bits per heavy atom. The fourth-order valence-corrected chi connectivity index (χ4v) is 5.08. The number of benzene rings is 1. The van der Waals surface area contributed by atoms with E-state index in [1.54, 1.807) is 6.07 Å². The van der Waals surface area contributed by atoms with E-state index in [2.05, 4.69) is 5.32 Å². The molecule has 1 aromatic heterocycles. The molecule has 0 radical (unpaired) electrons. The number of sulfone groups is 1. The lowest BCUT2D eigenvalue weighted by atomic mass is 10.0. The summed E-state index contributed by atoms with van der Waals surface area (Å²) in [5, 5.41) is 3.60. The number of carbonyl (C=O) groups is 1. The molecular weight excluding hydrogens is 382 g/mol. The van der Waals surface area contributed by atoms with Gasteiger partial charge >= 0.3 is 5.63 Å². The summed E-state index contributed by atoms with van der Waals surface area (Å²) in [7, 11) is -3.03. The van der Waals surface area contributed by atoms with Crippen LogP contribution in [0.1, 0.15) is 37.8 Å². The summed E-state index contributed by atoms with van der Waals surface area (Å²) in [6.07, 6.45) is 1.03. The van der Waals surface area contributed by atoms with Gasteiger partial charge in [0.2, 0.25) is 5.91 Å². The number of ether oxygens (including phenoxy) is 1. The second kappa shape index (κ2) is 7.95. The largest absolute Gasteiger partial charge is 0.491 e. The van der Waals surface area contributed by atoms with Gasteiger partial charge in [0.25, 0.3) is 0 Å². The molecule has 3 rings (SSSR count). The van der Waals surface area contributed by atoms with Crippen LogP contribution < -0.4 is 15.7 Å². The molecule has 1 amide bonds. The first kappa shape index (κ1) is 20.4. The summed E-state index contributed by atoms with van der Waals surface area (Å²) in [4.78, 5) is 23.9. The number of nitrogens with one attached hydrogen (secondary N) is 1. The number of hydrogen-bond acceptors (Lipinski definition) is 6. The Kier molecular flexibility index (Phi) is 5.79. The van der Waals surface area contributed by atoms with E-state index in [1.165, 1.54) is 6.07 Å². The van der Waals surface area contributed by atoms with Gasteiger partial charge in [0.15, 0.2) is 9.84 Å². The molecule has 1 N–H and O–H groups in total. The summed E-state index contributed by atoms with van der Waals surface area (Å²) in [5.41, 5.74) is 1.67. The highest BCUT2D eigenvalue weighted by Crippen LogP contribution is 2.29. The van der Waals surface area contributed by atoms with Crippen molar-refractivity contribution in [3.8, 4) is 5.75 Å². The monoisotopic (exact) mass is 407 g/mol. The van der Waals surface area contributed by atoms with Crippen LogP contribution in [0.2, 0.25) is 0 Å². The maximum Gasteiger partial charge on any atom is 0.336 e. The van der Waals surface area contributed by atoms with E-state index in [1.807, 2.05) is 26.8 Å². The van der Waals surface area contributed by atoms with Crippen LogP contribution in [-0.4, -0.2) is 38.0 Å². The van der Waals surface area contributed by atoms with Gasteiger partial charge in [0.1, 0.15) is 11.3 Å². The molecule has 0 bridgehead atoms. The van der Waals surface area contributed by atoms with Crippen LogP contribution >= 0.6 is 0 Å². The number of carbonyl (C=O) groups excluding carboxylic acids is 1. The smallest absolute Gasteiger partial charge is 0.336 e. The van der Waals surface area contributed by atoms with Gasteiger partial charge in [0.05, 0.1) is 17.6 Å². The molecule has 152 valence electrons. The number of fused-ring (bicyclic) bond motifs is 1. The van der Waals surface area contributed by atoms with Gasteiger partial charge < -0.3 is 14.5 Å². The van der Waals surface area contributed by atoms with Gasteiger partial charge in [-0.1, -0.05) is 0 Å². The minimum absolute atomic E-state index is 0.00858. The molecule has 2 heterocycles. The molecule has 28 heavy (non-hydrogen) atoms. The lowest BCUT2D eigenvalue weighted by Gasteiger charge is -2.16. The number of rotatable bonds is 6. The standard InChI is InChI=1S/C20H25NO6S/c1-12(2)26-17-10-18-16(13(3)8-20(23)27-18)9-14(17)4-5-19(22)21-15-6-7-28(24,25)11-15/h8-10,12,15H,4-7,11H2,1-3H3,(H,21,22).